The largest absolute Gasteiger partial charge is 0.495 e. The molecule has 9 aliphatic rings. The number of hydrogen-bond donors (Lipinski definition) is 2. The first kappa shape index (κ1) is 57.2. The summed E-state index contributed by atoms with van der Waals surface area (Å²) < 4.78 is 41.6. The lowest BCUT2D eigenvalue weighted by Gasteiger charge is -2.43. The molecule has 446 valence electrons. The Morgan fingerprint density at radius 1 is 0.595 bits per heavy atom. The molecule has 20 nitrogen and oxygen atoms in total. The molecule has 2 saturated carbocycles. The summed E-state index contributed by atoms with van der Waals surface area (Å²) in [5.41, 5.74) is 8.24. The highest BCUT2D eigenvalue weighted by Crippen LogP contribution is 2.43. The molecule has 4 aromatic heterocycles. The van der Waals surface area contributed by atoms with E-state index in [1.54, 1.807) is 0 Å². The minimum Gasteiger partial charge on any atom is -0.488 e. The number of hydrogen-bond acceptors (Lipinski definition) is 16. The van der Waals surface area contributed by atoms with Crippen molar-refractivity contribution in [2.75, 3.05) is 102 Å². The van der Waals surface area contributed by atoms with Crippen LogP contribution in [0.2, 0.25) is 0 Å². The van der Waals surface area contributed by atoms with Crippen LogP contribution in [0.25, 0.3) is 33.3 Å². The zero-order chi connectivity index (χ0) is 57.9. The number of nitrogens with zero attached hydrogens (tertiary/aromatic N) is 10. The van der Waals surface area contributed by atoms with Gasteiger partial charge < -0.3 is 57.8 Å². The summed E-state index contributed by atoms with van der Waals surface area (Å²) >= 11 is 3.36. The second kappa shape index (κ2) is 23.8. The average molecular weight is 1210 g/mol. The van der Waals surface area contributed by atoms with E-state index in [0.717, 1.165) is 139 Å². The molecule has 9 fully saturated rings. The fourth-order valence-corrected chi connectivity index (χ4v) is 12.6. The molecule has 6 aromatic rings. The molecule has 11 heterocycles. The first-order valence-corrected chi connectivity index (χ1v) is 31.3. The van der Waals surface area contributed by atoms with Gasteiger partial charge in [0.15, 0.2) is 0 Å². The highest BCUT2D eigenvalue weighted by Gasteiger charge is 2.52. The number of ether oxygens (including phenoxy) is 4. The lowest BCUT2D eigenvalue weighted by molar-refractivity contribution is -0.120. The van der Waals surface area contributed by atoms with Gasteiger partial charge in [-0.2, -0.15) is 0 Å². The number of piperazine rings is 2. The SMILES string of the molecule is Brc1ccc(N2CCN(C3COC3)CC2)cn1.C[C@@H](Oc1cc(-c2ccc(N3CCN(C4COC4)CC3)cn2)cc2ncn(C3CC3)c12)[C@H]1CNC(=O)C1.C[C@@H](Oc1cc(B2OC(C)(C)C(C)(C)O2)cc2ncn(C3CC3)c12)[C@H]1CNC(=O)C1. The van der Waals surface area contributed by atoms with E-state index in [1.807, 2.05) is 44.1 Å². The molecule has 2 aliphatic carbocycles. The quantitative estimate of drug-likeness (QED) is 0.0856. The van der Waals surface area contributed by atoms with E-state index in [1.165, 1.54) is 31.4 Å². The third-order valence-corrected chi connectivity index (χ3v) is 19.5. The van der Waals surface area contributed by atoms with Crippen LogP contribution in [-0.2, 0) is 28.4 Å². The van der Waals surface area contributed by atoms with E-state index in [4.69, 9.17) is 38.2 Å². The van der Waals surface area contributed by atoms with E-state index in [0.29, 0.717) is 50.1 Å². The maximum Gasteiger partial charge on any atom is 0.495 e. The van der Waals surface area contributed by atoms with Gasteiger partial charge in [-0.25, -0.2) is 15.0 Å². The van der Waals surface area contributed by atoms with Gasteiger partial charge in [0, 0.05) is 108 Å². The van der Waals surface area contributed by atoms with Crippen molar-refractivity contribution in [3.63, 3.8) is 0 Å². The van der Waals surface area contributed by atoms with Crippen molar-refractivity contribution >= 4 is 73.8 Å². The monoisotopic (exact) mass is 1210 g/mol. The molecule has 0 unspecified atom stereocenters. The molecule has 22 heteroatoms. The number of amides is 2. The van der Waals surface area contributed by atoms with E-state index in [9.17, 15) is 9.59 Å². The minimum atomic E-state index is -0.474. The van der Waals surface area contributed by atoms with Gasteiger partial charge in [-0.05, 0) is 137 Å². The van der Waals surface area contributed by atoms with Gasteiger partial charge >= 0.3 is 7.12 Å². The maximum absolute atomic E-state index is 11.8. The van der Waals surface area contributed by atoms with Crippen molar-refractivity contribution in [3.05, 3.63) is 78.2 Å². The first-order valence-electron chi connectivity index (χ1n) is 30.5. The van der Waals surface area contributed by atoms with Gasteiger partial charge in [0.05, 0.1) is 103 Å². The Morgan fingerprint density at radius 2 is 1.07 bits per heavy atom. The summed E-state index contributed by atoms with van der Waals surface area (Å²) in [4.78, 5) is 51.9. The van der Waals surface area contributed by atoms with Crippen molar-refractivity contribution in [3.8, 4) is 22.8 Å². The normalized spacial score (nSPS) is 24.4. The van der Waals surface area contributed by atoms with Gasteiger partial charge in [-0.15, -0.1) is 0 Å². The summed E-state index contributed by atoms with van der Waals surface area (Å²) in [6, 6.07) is 19.0. The van der Waals surface area contributed by atoms with Gasteiger partial charge in [0.25, 0.3) is 0 Å². The van der Waals surface area contributed by atoms with Crippen LogP contribution in [0.1, 0.15) is 92.2 Å². The lowest BCUT2D eigenvalue weighted by atomic mass is 9.78. The number of imidazole rings is 2. The fraction of sp³-hybridized carbons (Fsp3) is 0.581. The second-order valence-electron chi connectivity index (χ2n) is 25.4. The van der Waals surface area contributed by atoms with Crippen LogP contribution in [0, 0.1) is 11.8 Å². The summed E-state index contributed by atoms with van der Waals surface area (Å²) in [5.74, 6) is 2.13. The van der Waals surface area contributed by atoms with Gasteiger partial charge in [0.2, 0.25) is 11.8 Å². The van der Waals surface area contributed by atoms with Crippen molar-refractivity contribution in [2.24, 2.45) is 11.8 Å². The number of fused-ring (bicyclic) bond motifs is 2. The third kappa shape index (κ3) is 12.3. The second-order valence-corrected chi connectivity index (χ2v) is 26.2. The summed E-state index contributed by atoms with van der Waals surface area (Å²) in [7, 11) is -0.474. The summed E-state index contributed by atoms with van der Waals surface area (Å²) in [5, 5.41) is 5.84. The van der Waals surface area contributed by atoms with Crippen LogP contribution in [-0.4, -0.2) is 185 Å². The predicted molar refractivity (Wildman–Crippen MR) is 326 cm³/mol. The molecule has 0 bridgehead atoms. The lowest BCUT2D eigenvalue weighted by Crippen LogP contribution is -2.56. The molecule has 0 radical (unpaired) electrons. The van der Waals surface area contributed by atoms with E-state index < -0.39 is 18.3 Å². The zero-order valence-electron chi connectivity index (χ0n) is 49.4. The van der Waals surface area contributed by atoms with E-state index in [2.05, 4.69) is 136 Å². The number of nitrogens with one attached hydrogen (secondary N) is 2. The molecule has 4 atom stereocenters. The summed E-state index contributed by atoms with van der Waals surface area (Å²) in [6.07, 6.45) is 13.3. The van der Waals surface area contributed by atoms with Gasteiger partial charge in [-0.1, -0.05) is 0 Å². The fourth-order valence-electron chi connectivity index (χ4n) is 12.4. The Morgan fingerprint density at radius 3 is 1.49 bits per heavy atom. The Hall–Kier alpha value is -5.88. The first-order chi connectivity index (χ1) is 40.6. The molecule has 7 saturated heterocycles. The Kier molecular flexibility index (Phi) is 16.2. The smallest absolute Gasteiger partial charge is 0.488 e. The molecule has 7 aliphatic heterocycles. The van der Waals surface area contributed by atoms with Crippen LogP contribution in [0.3, 0.4) is 0 Å². The van der Waals surface area contributed by atoms with Crippen LogP contribution in [0.5, 0.6) is 11.5 Å². The van der Waals surface area contributed by atoms with Crippen LogP contribution < -0.4 is 35.4 Å². The van der Waals surface area contributed by atoms with Crippen LogP contribution in [0.4, 0.5) is 11.4 Å². The number of halogens is 1. The standard InChI is InChI=1S/C28H34N6O3.C22H30BN3O4.C12H16BrN3O/c1-18(20-12-27(35)30-13-20)37-26-11-19(10-25-28(26)34(17-31-25)21-2-3-21)24-5-4-22(14-29-24)32-6-8-33(9-7-32)23-15-36-16-23;1-13(14-8-19(27)24-11-14)28-18-10-15(23-29-21(2,3)22(4,5)30-23)9-17-20(18)26(12-25-17)16-6-7-16;13-12-2-1-10(7-14-12)15-3-5-16(6-4-15)11-8-17-9-11/h4-5,10-11,14,17-18,20-21,23H,2-3,6-9,12-13,15-16H2,1H3,(H,30,35);9-10,12-14,16H,6-8,11H2,1-5H3,(H,24,27);1-2,7,11H,3-6,8-9H2/t18-,20-;13-,14-;/m11./s1. The predicted octanol–water partition coefficient (Wildman–Crippen LogP) is 6.80. The Balaban J connectivity index is 0.000000125. The number of pyridine rings is 2. The summed E-state index contributed by atoms with van der Waals surface area (Å²) in [6.45, 7) is 25.8. The van der Waals surface area contributed by atoms with Crippen molar-refractivity contribution in [2.45, 2.75) is 128 Å². The van der Waals surface area contributed by atoms with Crippen molar-refractivity contribution in [1.29, 1.82) is 0 Å². The number of carbonyl (C=O) groups is 2. The molecule has 0 spiro atoms. The number of benzene rings is 2. The van der Waals surface area contributed by atoms with E-state index in [-0.39, 0.29) is 35.9 Å². The Labute approximate surface area is 500 Å². The number of anilines is 2. The molecule has 2 amide bonds. The van der Waals surface area contributed by atoms with Gasteiger partial charge in [0.1, 0.15) is 39.3 Å². The maximum atomic E-state index is 11.8. The molecule has 15 rings (SSSR count). The molecule has 2 aromatic carbocycles. The topological polar surface area (TPSA) is 188 Å². The number of rotatable bonds is 14. The average Bonchev–Trinajstić information content (AvgIpc) is 4.18. The third-order valence-electron chi connectivity index (χ3n) is 19.1. The highest BCUT2D eigenvalue weighted by molar-refractivity contribution is 9.10. The zero-order valence-corrected chi connectivity index (χ0v) is 51.0. The van der Waals surface area contributed by atoms with Crippen LogP contribution >= 0.6 is 15.9 Å². The molecular weight excluding hydrogens is 1130 g/mol. The molecule has 2 N–H and O–H groups in total. The molecule has 84 heavy (non-hydrogen) atoms. The number of aromatic nitrogens is 6. The van der Waals surface area contributed by atoms with E-state index >= 15 is 0 Å². The highest BCUT2D eigenvalue weighted by atomic mass is 79.9. The van der Waals surface area contributed by atoms with Crippen LogP contribution in [0.15, 0.2) is 78.2 Å². The Bertz CT molecular complexity index is 3300. The van der Waals surface area contributed by atoms with Crippen molar-refractivity contribution in [1.82, 2.24) is 49.5 Å². The van der Waals surface area contributed by atoms with Gasteiger partial charge in [-0.3, -0.25) is 24.4 Å². The molecular formula is C62H80BBrN12O8. The van der Waals surface area contributed by atoms with Crippen molar-refractivity contribution < 1.29 is 37.8 Å². The number of carbonyl (C=O) groups excluding carboxylic acids is 2. The minimum absolute atomic E-state index is 0.0829.